The van der Waals surface area contributed by atoms with Crippen LogP contribution in [0.1, 0.15) is 0 Å². The second kappa shape index (κ2) is 3.71. The van der Waals surface area contributed by atoms with Crippen LogP contribution in [0.15, 0.2) is 42.6 Å². The van der Waals surface area contributed by atoms with Gasteiger partial charge in [-0.3, -0.25) is 4.98 Å². The molecule has 4 heteroatoms. The van der Waals surface area contributed by atoms with Gasteiger partial charge in [0.2, 0.25) is 0 Å². The molecular formula is C15H7F2NS. The summed E-state index contributed by atoms with van der Waals surface area (Å²) in [6.07, 6.45) is 1.76. The maximum atomic E-state index is 13.5. The molecule has 0 amide bonds. The van der Waals surface area contributed by atoms with Crippen molar-refractivity contribution in [2.75, 3.05) is 0 Å². The number of rotatable bonds is 0. The minimum absolute atomic E-state index is 0.284. The number of hydrogen-bond donors (Lipinski definition) is 0. The van der Waals surface area contributed by atoms with Crippen molar-refractivity contribution in [3.8, 4) is 0 Å². The highest BCUT2D eigenvalue weighted by Gasteiger charge is 2.10. The van der Waals surface area contributed by atoms with E-state index in [1.807, 2.05) is 0 Å². The molecule has 92 valence electrons. The lowest BCUT2D eigenvalue weighted by Crippen LogP contribution is -1.81. The second-order valence-electron chi connectivity index (χ2n) is 4.40. The van der Waals surface area contributed by atoms with E-state index in [4.69, 9.17) is 0 Å². The predicted molar refractivity (Wildman–Crippen MR) is 74.5 cm³/mol. The number of thiophene rings is 1. The maximum absolute atomic E-state index is 13.5. The van der Waals surface area contributed by atoms with Crippen molar-refractivity contribution in [3.63, 3.8) is 0 Å². The van der Waals surface area contributed by atoms with Crippen LogP contribution in [0.5, 0.6) is 0 Å². The lowest BCUT2D eigenvalue weighted by Gasteiger charge is -2.00. The summed E-state index contributed by atoms with van der Waals surface area (Å²) in [5.41, 5.74) is 0.720. The van der Waals surface area contributed by atoms with Gasteiger partial charge in [-0.15, -0.1) is 11.3 Å². The van der Waals surface area contributed by atoms with Gasteiger partial charge in [0.15, 0.2) is 0 Å². The van der Waals surface area contributed by atoms with Gasteiger partial charge >= 0.3 is 0 Å². The molecular weight excluding hydrogens is 264 g/mol. The summed E-state index contributed by atoms with van der Waals surface area (Å²) in [7, 11) is 0. The summed E-state index contributed by atoms with van der Waals surface area (Å²) in [5, 5.41) is 2.43. The quantitative estimate of drug-likeness (QED) is 0.444. The number of nitrogens with zero attached hydrogens (tertiary/aromatic N) is 1. The number of fused-ring (bicyclic) bond motifs is 5. The SMILES string of the molecule is Fc1ccc2ncc3sc4ccc(F)cc4c3c2c1. The molecule has 0 aliphatic heterocycles. The minimum Gasteiger partial charge on any atom is -0.255 e. The van der Waals surface area contributed by atoms with Gasteiger partial charge in [0, 0.05) is 27.1 Å². The van der Waals surface area contributed by atoms with E-state index in [1.54, 1.807) is 18.3 Å². The van der Waals surface area contributed by atoms with Gasteiger partial charge in [0.1, 0.15) is 11.6 Å². The Morgan fingerprint density at radius 3 is 2.42 bits per heavy atom. The summed E-state index contributed by atoms with van der Waals surface area (Å²) in [6.45, 7) is 0. The molecule has 0 unspecified atom stereocenters. The van der Waals surface area contributed by atoms with Gasteiger partial charge in [-0.2, -0.15) is 0 Å². The summed E-state index contributed by atoms with van der Waals surface area (Å²) in [5.74, 6) is -0.592. The van der Waals surface area contributed by atoms with Crippen LogP contribution in [0.4, 0.5) is 8.78 Å². The molecule has 0 spiro atoms. The molecule has 2 aromatic heterocycles. The molecule has 0 atom stereocenters. The Morgan fingerprint density at radius 2 is 1.58 bits per heavy atom. The van der Waals surface area contributed by atoms with Gasteiger partial charge in [-0.25, -0.2) is 8.78 Å². The zero-order valence-corrected chi connectivity index (χ0v) is 10.5. The summed E-state index contributed by atoms with van der Waals surface area (Å²) in [6, 6.07) is 9.18. The van der Waals surface area contributed by atoms with Crippen LogP contribution in [-0.2, 0) is 0 Å². The summed E-state index contributed by atoms with van der Waals surface area (Å²) < 4.78 is 28.8. The normalized spacial score (nSPS) is 11.7. The van der Waals surface area contributed by atoms with Crippen LogP contribution in [0.2, 0.25) is 0 Å². The van der Waals surface area contributed by atoms with Crippen LogP contribution < -0.4 is 0 Å². The van der Waals surface area contributed by atoms with Crippen LogP contribution in [0.3, 0.4) is 0 Å². The highest BCUT2D eigenvalue weighted by Crippen LogP contribution is 2.37. The number of halogens is 2. The van der Waals surface area contributed by atoms with Crippen molar-refractivity contribution in [1.82, 2.24) is 4.98 Å². The van der Waals surface area contributed by atoms with Gasteiger partial charge in [-0.1, -0.05) is 0 Å². The first-order valence-electron chi connectivity index (χ1n) is 5.78. The predicted octanol–water partition coefficient (Wildman–Crippen LogP) is 4.88. The highest BCUT2D eigenvalue weighted by atomic mass is 32.1. The van der Waals surface area contributed by atoms with E-state index in [0.29, 0.717) is 0 Å². The number of benzene rings is 2. The summed E-state index contributed by atoms with van der Waals surface area (Å²) >= 11 is 1.54. The van der Waals surface area contributed by atoms with Crippen molar-refractivity contribution < 1.29 is 8.78 Å². The molecule has 0 bridgehead atoms. The molecule has 1 nitrogen and oxygen atoms in total. The third-order valence-electron chi connectivity index (χ3n) is 3.23. The Balaban J connectivity index is 2.33. The van der Waals surface area contributed by atoms with Crippen molar-refractivity contribution >= 4 is 42.4 Å². The van der Waals surface area contributed by atoms with Gasteiger partial charge < -0.3 is 0 Å². The van der Waals surface area contributed by atoms with E-state index >= 15 is 0 Å². The smallest absolute Gasteiger partial charge is 0.123 e. The second-order valence-corrected chi connectivity index (χ2v) is 5.49. The van der Waals surface area contributed by atoms with Crippen LogP contribution in [0, 0.1) is 11.6 Å². The van der Waals surface area contributed by atoms with E-state index in [0.717, 1.165) is 31.1 Å². The monoisotopic (exact) mass is 271 g/mol. The zero-order valence-electron chi connectivity index (χ0n) is 9.65. The Morgan fingerprint density at radius 1 is 0.842 bits per heavy atom. The zero-order chi connectivity index (χ0) is 13.0. The Hall–Kier alpha value is -2.07. The molecule has 0 aliphatic carbocycles. The van der Waals surface area contributed by atoms with Gasteiger partial charge in [-0.05, 0) is 36.4 Å². The topological polar surface area (TPSA) is 12.9 Å². The minimum atomic E-state index is -0.308. The van der Waals surface area contributed by atoms with Crippen LogP contribution >= 0.6 is 11.3 Å². The van der Waals surface area contributed by atoms with E-state index in [9.17, 15) is 8.78 Å². The van der Waals surface area contributed by atoms with Crippen LogP contribution in [0.25, 0.3) is 31.1 Å². The molecule has 0 N–H and O–H groups in total. The lowest BCUT2D eigenvalue weighted by molar-refractivity contribution is 0.629. The molecule has 0 saturated heterocycles. The average molecular weight is 271 g/mol. The molecule has 2 aromatic carbocycles. The van der Waals surface area contributed by atoms with E-state index in [-0.39, 0.29) is 11.6 Å². The molecule has 0 saturated carbocycles. The van der Waals surface area contributed by atoms with Gasteiger partial charge in [0.25, 0.3) is 0 Å². The largest absolute Gasteiger partial charge is 0.255 e. The van der Waals surface area contributed by atoms with E-state index in [1.165, 1.54) is 35.6 Å². The standard InChI is InChI=1S/C15H7F2NS/c16-8-1-3-12-10(5-8)15-11-6-9(17)2-4-13(11)19-14(15)7-18-12/h1-7H. The molecule has 4 aromatic rings. The average Bonchev–Trinajstić information content (AvgIpc) is 2.76. The summed E-state index contributed by atoms with van der Waals surface area (Å²) in [4.78, 5) is 4.32. The van der Waals surface area contributed by atoms with Gasteiger partial charge in [0.05, 0.1) is 10.2 Å². The first-order chi connectivity index (χ1) is 9.22. The van der Waals surface area contributed by atoms with E-state index in [2.05, 4.69) is 4.98 Å². The maximum Gasteiger partial charge on any atom is 0.123 e. The first-order valence-corrected chi connectivity index (χ1v) is 6.60. The molecule has 0 radical (unpaired) electrons. The molecule has 0 fully saturated rings. The van der Waals surface area contributed by atoms with Crippen LogP contribution in [-0.4, -0.2) is 4.98 Å². The fraction of sp³-hybridized carbons (Fsp3) is 0. The molecule has 2 heterocycles. The van der Waals surface area contributed by atoms with Crippen molar-refractivity contribution in [2.24, 2.45) is 0 Å². The van der Waals surface area contributed by atoms with E-state index < -0.39 is 0 Å². The Kier molecular flexibility index (Phi) is 2.11. The number of pyridine rings is 1. The Labute approximate surface area is 111 Å². The van der Waals surface area contributed by atoms with Crippen molar-refractivity contribution in [2.45, 2.75) is 0 Å². The number of hydrogen-bond acceptors (Lipinski definition) is 2. The number of aromatic nitrogens is 1. The lowest BCUT2D eigenvalue weighted by atomic mass is 10.1. The molecule has 0 aliphatic rings. The Bertz CT molecular complexity index is 937. The first kappa shape index (κ1) is 10.8. The van der Waals surface area contributed by atoms with Crippen molar-refractivity contribution in [3.05, 3.63) is 54.2 Å². The molecule has 4 rings (SSSR count). The highest BCUT2D eigenvalue weighted by molar-refractivity contribution is 7.26. The third kappa shape index (κ3) is 1.53. The third-order valence-corrected chi connectivity index (χ3v) is 4.33. The van der Waals surface area contributed by atoms with Crippen molar-refractivity contribution in [1.29, 1.82) is 0 Å². The molecule has 19 heavy (non-hydrogen) atoms. The fourth-order valence-electron chi connectivity index (χ4n) is 2.41. The fourth-order valence-corrected chi connectivity index (χ4v) is 3.48.